The van der Waals surface area contributed by atoms with Gasteiger partial charge in [0.1, 0.15) is 30.3 Å². The Kier molecular flexibility index (Phi) is 7.39. The van der Waals surface area contributed by atoms with E-state index >= 15 is 0 Å². The number of fused-ring (bicyclic) bond motifs is 1. The standard InChI is InChI=1S/C22H30O7/c1-4-5-6-7-10-26-21-19(23)16-9-8-15(11-17(16)29-22(21)24)28-20(14(2)3)18-12-25-13-27-18/h8-9,11,14,18,20,23H,4-7,10,12-13H2,1-3H3. The lowest BCUT2D eigenvalue weighted by atomic mass is 10.0. The second-order valence-corrected chi connectivity index (χ2v) is 7.65. The fraction of sp³-hybridized carbons (Fsp3) is 0.591. The Bertz CT molecular complexity index is 852. The lowest BCUT2D eigenvalue weighted by Gasteiger charge is -2.26. The Balaban J connectivity index is 1.77. The highest BCUT2D eigenvalue weighted by molar-refractivity contribution is 5.86. The first-order chi connectivity index (χ1) is 14.0. The number of rotatable bonds is 10. The van der Waals surface area contributed by atoms with Crippen LogP contribution in [-0.2, 0) is 9.47 Å². The summed E-state index contributed by atoms with van der Waals surface area (Å²) in [5, 5.41) is 10.9. The van der Waals surface area contributed by atoms with Gasteiger partial charge in [-0.1, -0.05) is 40.0 Å². The zero-order valence-electron chi connectivity index (χ0n) is 17.3. The fourth-order valence-corrected chi connectivity index (χ4v) is 3.39. The lowest BCUT2D eigenvalue weighted by Crippen LogP contribution is -2.37. The molecule has 2 atom stereocenters. The molecule has 0 amide bonds. The molecule has 1 fully saturated rings. The molecule has 1 aliphatic rings. The highest BCUT2D eigenvalue weighted by Crippen LogP contribution is 2.34. The monoisotopic (exact) mass is 406 g/mol. The van der Waals surface area contributed by atoms with Crippen LogP contribution in [0.4, 0.5) is 0 Å². The van der Waals surface area contributed by atoms with E-state index in [0.29, 0.717) is 24.3 Å². The summed E-state index contributed by atoms with van der Waals surface area (Å²) in [6, 6.07) is 5.00. The quantitative estimate of drug-likeness (QED) is 0.466. The Hall–Kier alpha value is -2.25. The fourth-order valence-electron chi connectivity index (χ4n) is 3.39. The predicted molar refractivity (Wildman–Crippen MR) is 109 cm³/mol. The van der Waals surface area contributed by atoms with Gasteiger partial charge < -0.3 is 28.5 Å². The molecular formula is C22H30O7. The summed E-state index contributed by atoms with van der Waals surface area (Å²) in [7, 11) is 0. The van der Waals surface area contributed by atoms with E-state index in [1.165, 1.54) is 0 Å². The summed E-state index contributed by atoms with van der Waals surface area (Å²) in [6.45, 7) is 7.32. The Morgan fingerprint density at radius 3 is 2.76 bits per heavy atom. The molecule has 0 aliphatic carbocycles. The van der Waals surface area contributed by atoms with Crippen LogP contribution in [0.3, 0.4) is 0 Å². The van der Waals surface area contributed by atoms with Gasteiger partial charge in [-0.25, -0.2) is 4.79 Å². The maximum atomic E-state index is 12.3. The van der Waals surface area contributed by atoms with Gasteiger partial charge in [0.15, 0.2) is 5.75 Å². The first-order valence-corrected chi connectivity index (χ1v) is 10.3. The second kappa shape index (κ2) is 9.98. The molecule has 1 N–H and O–H groups in total. The Labute approximate surface area is 170 Å². The molecular weight excluding hydrogens is 376 g/mol. The summed E-state index contributed by atoms with van der Waals surface area (Å²) < 4.78 is 27.8. The number of unbranched alkanes of at least 4 members (excludes halogenated alkanes) is 3. The van der Waals surface area contributed by atoms with Crippen LogP contribution in [0.1, 0.15) is 46.5 Å². The highest BCUT2D eigenvalue weighted by atomic mass is 16.7. The molecule has 7 nitrogen and oxygen atoms in total. The number of aromatic hydroxyl groups is 1. The molecule has 29 heavy (non-hydrogen) atoms. The van der Waals surface area contributed by atoms with Gasteiger partial charge in [0, 0.05) is 6.07 Å². The van der Waals surface area contributed by atoms with Crippen molar-refractivity contribution in [2.45, 2.75) is 58.7 Å². The zero-order chi connectivity index (χ0) is 20.8. The maximum Gasteiger partial charge on any atom is 0.383 e. The first kappa shape index (κ1) is 21.5. The maximum absolute atomic E-state index is 12.3. The van der Waals surface area contributed by atoms with E-state index in [1.54, 1.807) is 18.2 Å². The first-order valence-electron chi connectivity index (χ1n) is 10.3. The molecule has 0 bridgehead atoms. The zero-order valence-corrected chi connectivity index (χ0v) is 17.3. The van der Waals surface area contributed by atoms with Gasteiger partial charge in [-0.2, -0.15) is 0 Å². The largest absolute Gasteiger partial charge is 0.504 e. The van der Waals surface area contributed by atoms with Crippen LogP contribution in [0.2, 0.25) is 0 Å². The Morgan fingerprint density at radius 1 is 1.24 bits per heavy atom. The van der Waals surface area contributed by atoms with E-state index in [0.717, 1.165) is 25.7 Å². The third-order valence-electron chi connectivity index (χ3n) is 5.00. The molecule has 1 aliphatic heterocycles. The number of ether oxygens (including phenoxy) is 4. The van der Waals surface area contributed by atoms with E-state index in [9.17, 15) is 9.90 Å². The van der Waals surface area contributed by atoms with E-state index in [1.807, 2.05) is 13.8 Å². The second-order valence-electron chi connectivity index (χ2n) is 7.65. The summed E-state index contributed by atoms with van der Waals surface area (Å²) >= 11 is 0. The summed E-state index contributed by atoms with van der Waals surface area (Å²) in [6.07, 6.45) is 3.70. The number of hydrogen-bond acceptors (Lipinski definition) is 7. The van der Waals surface area contributed by atoms with Gasteiger partial charge in [-0.05, 0) is 24.5 Å². The predicted octanol–water partition coefficient (Wildman–Crippen LogP) is 4.23. The van der Waals surface area contributed by atoms with Gasteiger partial charge in [0.05, 0.1) is 18.6 Å². The van der Waals surface area contributed by atoms with E-state index in [2.05, 4.69) is 6.92 Å². The minimum absolute atomic E-state index is 0.140. The van der Waals surface area contributed by atoms with Gasteiger partial charge in [0.25, 0.3) is 0 Å². The minimum atomic E-state index is -0.699. The van der Waals surface area contributed by atoms with Crippen molar-refractivity contribution < 1.29 is 28.5 Å². The van der Waals surface area contributed by atoms with Crippen molar-refractivity contribution in [2.75, 3.05) is 20.0 Å². The van der Waals surface area contributed by atoms with Crippen molar-refractivity contribution in [3.05, 3.63) is 28.6 Å². The molecule has 2 unspecified atom stereocenters. The van der Waals surface area contributed by atoms with E-state index in [4.69, 9.17) is 23.4 Å². The van der Waals surface area contributed by atoms with E-state index in [-0.39, 0.29) is 42.0 Å². The van der Waals surface area contributed by atoms with Crippen LogP contribution < -0.4 is 15.1 Å². The van der Waals surface area contributed by atoms with Gasteiger partial charge in [-0.15, -0.1) is 0 Å². The van der Waals surface area contributed by atoms with Crippen LogP contribution >= 0.6 is 0 Å². The van der Waals surface area contributed by atoms with Crippen molar-refractivity contribution in [3.8, 4) is 17.2 Å². The molecule has 3 rings (SSSR count). The topological polar surface area (TPSA) is 87.4 Å². The van der Waals surface area contributed by atoms with Crippen LogP contribution in [0.15, 0.2) is 27.4 Å². The molecule has 7 heteroatoms. The third-order valence-corrected chi connectivity index (χ3v) is 5.00. The average Bonchev–Trinajstić information content (AvgIpc) is 3.22. The molecule has 2 aromatic rings. The molecule has 160 valence electrons. The van der Waals surface area contributed by atoms with Crippen molar-refractivity contribution >= 4 is 11.0 Å². The van der Waals surface area contributed by atoms with Crippen LogP contribution in [0, 0.1) is 5.92 Å². The summed E-state index contributed by atoms with van der Waals surface area (Å²) in [5.41, 5.74) is -0.454. The molecule has 1 aromatic heterocycles. The molecule has 0 radical (unpaired) electrons. The van der Waals surface area contributed by atoms with Gasteiger partial charge in [0.2, 0.25) is 5.75 Å². The highest BCUT2D eigenvalue weighted by Gasteiger charge is 2.31. The van der Waals surface area contributed by atoms with Crippen molar-refractivity contribution in [3.63, 3.8) is 0 Å². The smallest absolute Gasteiger partial charge is 0.383 e. The SMILES string of the molecule is CCCCCCOc1c(O)c2ccc(OC(C(C)C)C3COCO3)cc2oc1=O. The number of hydrogen-bond donors (Lipinski definition) is 1. The van der Waals surface area contributed by atoms with Crippen molar-refractivity contribution in [2.24, 2.45) is 5.92 Å². The van der Waals surface area contributed by atoms with Crippen LogP contribution in [0.5, 0.6) is 17.2 Å². The van der Waals surface area contributed by atoms with Crippen LogP contribution in [0.25, 0.3) is 11.0 Å². The Morgan fingerprint density at radius 2 is 2.07 bits per heavy atom. The minimum Gasteiger partial charge on any atom is -0.504 e. The van der Waals surface area contributed by atoms with Crippen molar-refractivity contribution in [1.29, 1.82) is 0 Å². The molecule has 0 saturated carbocycles. The third kappa shape index (κ3) is 5.22. The number of benzene rings is 1. The average molecular weight is 406 g/mol. The van der Waals surface area contributed by atoms with Crippen LogP contribution in [-0.4, -0.2) is 37.3 Å². The molecule has 1 aromatic carbocycles. The molecule has 2 heterocycles. The molecule has 1 saturated heterocycles. The summed E-state index contributed by atoms with van der Waals surface area (Å²) in [5.74, 6) is 0.384. The lowest BCUT2D eigenvalue weighted by molar-refractivity contribution is -0.0159. The van der Waals surface area contributed by atoms with E-state index < -0.39 is 5.63 Å². The van der Waals surface area contributed by atoms with Gasteiger partial charge >= 0.3 is 5.63 Å². The van der Waals surface area contributed by atoms with Crippen molar-refractivity contribution in [1.82, 2.24) is 0 Å². The summed E-state index contributed by atoms with van der Waals surface area (Å²) in [4.78, 5) is 12.3. The van der Waals surface area contributed by atoms with Gasteiger partial charge in [-0.3, -0.25) is 0 Å². The molecule has 0 spiro atoms. The normalized spacial score (nSPS) is 17.7.